The molecular weight excluding hydrogens is 256 g/mol. The van der Waals surface area contributed by atoms with Crippen molar-refractivity contribution in [2.24, 2.45) is 0 Å². The summed E-state index contributed by atoms with van der Waals surface area (Å²) in [7, 11) is 1.67. The number of ether oxygens (including phenoxy) is 2. The second kappa shape index (κ2) is 6.05. The Bertz CT molecular complexity index is 562. The van der Waals surface area contributed by atoms with Crippen molar-refractivity contribution in [2.45, 2.75) is 25.2 Å². The highest BCUT2D eigenvalue weighted by Gasteiger charge is 2.22. The van der Waals surface area contributed by atoms with Crippen LogP contribution in [0.5, 0.6) is 5.75 Å². The molecule has 1 aliphatic rings. The maximum atomic E-state index is 5.34. The highest BCUT2D eigenvalue weighted by atomic mass is 16.5. The van der Waals surface area contributed by atoms with Gasteiger partial charge in [-0.25, -0.2) is 0 Å². The zero-order valence-corrected chi connectivity index (χ0v) is 11.5. The first kappa shape index (κ1) is 13.1. The van der Waals surface area contributed by atoms with Crippen molar-refractivity contribution in [3.05, 3.63) is 41.5 Å². The molecule has 3 rings (SSSR count). The van der Waals surface area contributed by atoms with Crippen LogP contribution in [0.2, 0.25) is 0 Å². The van der Waals surface area contributed by atoms with Crippen LogP contribution in [0.3, 0.4) is 0 Å². The Morgan fingerprint density at radius 3 is 3.10 bits per heavy atom. The van der Waals surface area contributed by atoms with E-state index < -0.39 is 0 Å². The molecule has 0 spiro atoms. The number of aromatic nitrogens is 2. The third-order valence-electron chi connectivity index (χ3n) is 3.54. The van der Waals surface area contributed by atoms with Crippen molar-refractivity contribution < 1.29 is 14.0 Å². The molecule has 5 heteroatoms. The molecular formula is C15H18N2O3. The van der Waals surface area contributed by atoms with Crippen molar-refractivity contribution in [3.63, 3.8) is 0 Å². The highest BCUT2D eigenvalue weighted by molar-refractivity contribution is 5.28. The lowest BCUT2D eigenvalue weighted by Gasteiger charge is -2.02. The normalized spacial score (nSPS) is 18.4. The Hall–Kier alpha value is -1.88. The molecule has 0 saturated carbocycles. The predicted octanol–water partition coefficient (Wildman–Crippen LogP) is 2.37. The molecule has 1 aromatic heterocycles. The smallest absolute Gasteiger partial charge is 0.226 e. The lowest BCUT2D eigenvalue weighted by Crippen LogP contribution is -2.00. The molecule has 0 unspecified atom stereocenters. The summed E-state index contributed by atoms with van der Waals surface area (Å²) in [4.78, 5) is 4.46. The largest absolute Gasteiger partial charge is 0.497 e. The van der Waals surface area contributed by atoms with Gasteiger partial charge in [0.25, 0.3) is 0 Å². The number of aryl methyl sites for hydroxylation is 2. The van der Waals surface area contributed by atoms with Crippen LogP contribution in [-0.2, 0) is 17.6 Å². The number of methoxy groups -OCH3 is 1. The number of hydrogen-bond acceptors (Lipinski definition) is 5. The van der Waals surface area contributed by atoms with Gasteiger partial charge >= 0.3 is 0 Å². The fourth-order valence-corrected chi connectivity index (χ4v) is 2.35. The Morgan fingerprint density at radius 1 is 1.35 bits per heavy atom. The van der Waals surface area contributed by atoms with Crippen molar-refractivity contribution in [1.82, 2.24) is 10.1 Å². The van der Waals surface area contributed by atoms with E-state index in [1.54, 1.807) is 7.11 Å². The van der Waals surface area contributed by atoms with E-state index in [0.29, 0.717) is 18.4 Å². The van der Waals surface area contributed by atoms with Gasteiger partial charge in [-0.1, -0.05) is 17.3 Å². The number of rotatable bonds is 5. The second-order valence-electron chi connectivity index (χ2n) is 4.96. The van der Waals surface area contributed by atoms with Gasteiger partial charge in [-0.3, -0.25) is 0 Å². The predicted molar refractivity (Wildman–Crippen MR) is 72.9 cm³/mol. The topological polar surface area (TPSA) is 57.4 Å². The van der Waals surface area contributed by atoms with Gasteiger partial charge in [0.2, 0.25) is 5.89 Å². The Balaban J connectivity index is 1.60. The summed E-state index contributed by atoms with van der Waals surface area (Å²) in [6.07, 6.45) is 2.59. The molecule has 1 atom stereocenters. The summed E-state index contributed by atoms with van der Waals surface area (Å²) in [6, 6.07) is 8.03. The molecule has 0 radical (unpaired) electrons. The van der Waals surface area contributed by atoms with E-state index in [0.717, 1.165) is 37.4 Å². The summed E-state index contributed by atoms with van der Waals surface area (Å²) >= 11 is 0. The average Bonchev–Trinajstić information content (AvgIpc) is 3.16. The van der Waals surface area contributed by atoms with Crippen molar-refractivity contribution in [3.8, 4) is 5.75 Å². The summed E-state index contributed by atoms with van der Waals surface area (Å²) in [5.74, 6) is 2.64. The van der Waals surface area contributed by atoms with Crippen LogP contribution in [0.15, 0.2) is 28.8 Å². The second-order valence-corrected chi connectivity index (χ2v) is 4.96. The van der Waals surface area contributed by atoms with Crippen LogP contribution in [0.4, 0.5) is 0 Å². The molecule has 0 aliphatic carbocycles. The van der Waals surface area contributed by atoms with Gasteiger partial charge in [-0.05, 0) is 30.5 Å². The summed E-state index contributed by atoms with van der Waals surface area (Å²) in [5.41, 5.74) is 1.20. The average molecular weight is 274 g/mol. The van der Waals surface area contributed by atoms with E-state index in [4.69, 9.17) is 14.0 Å². The number of hydrogen-bond donors (Lipinski definition) is 0. The van der Waals surface area contributed by atoms with Crippen LogP contribution in [0.1, 0.15) is 29.6 Å². The van der Waals surface area contributed by atoms with Crippen LogP contribution >= 0.6 is 0 Å². The molecule has 0 N–H and O–H groups in total. The number of nitrogens with zero attached hydrogens (tertiary/aromatic N) is 2. The number of benzene rings is 1. The van der Waals surface area contributed by atoms with Crippen LogP contribution in [0.25, 0.3) is 0 Å². The molecule has 0 amide bonds. The fourth-order valence-electron chi connectivity index (χ4n) is 2.35. The van der Waals surface area contributed by atoms with Crippen LogP contribution in [-0.4, -0.2) is 30.5 Å². The zero-order valence-electron chi connectivity index (χ0n) is 11.5. The Kier molecular flexibility index (Phi) is 3.97. The first-order valence-electron chi connectivity index (χ1n) is 6.88. The fraction of sp³-hybridized carbons (Fsp3) is 0.467. The Morgan fingerprint density at radius 2 is 2.30 bits per heavy atom. The van der Waals surface area contributed by atoms with Gasteiger partial charge in [0, 0.05) is 18.9 Å². The minimum Gasteiger partial charge on any atom is -0.497 e. The minimum atomic E-state index is 0.296. The van der Waals surface area contributed by atoms with E-state index in [1.807, 2.05) is 18.2 Å². The third-order valence-corrected chi connectivity index (χ3v) is 3.54. The van der Waals surface area contributed by atoms with E-state index >= 15 is 0 Å². The zero-order chi connectivity index (χ0) is 13.8. The lowest BCUT2D eigenvalue weighted by atomic mass is 10.1. The van der Waals surface area contributed by atoms with Crippen LogP contribution in [0, 0.1) is 0 Å². The molecule has 1 aliphatic heterocycles. The van der Waals surface area contributed by atoms with Crippen molar-refractivity contribution in [1.29, 1.82) is 0 Å². The summed E-state index contributed by atoms with van der Waals surface area (Å²) < 4.78 is 15.9. The van der Waals surface area contributed by atoms with Gasteiger partial charge in [-0.2, -0.15) is 4.98 Å². The molecule has 1 fully saturated rings. The van der Waals surface area contributed by atoms with Crippen LogP contribution < -0.4 is 4.74 Å². The van der Waals surface area contributed by atoms with Gasteiger partial charge in [0.05, 0.1) is 13.7 Å². The first-order chi connectivity index (χ1) is 9.85. The van der Waals surface area contributed by atoms with Gasteiger partial charge < -0.3 is 14.0 Å². The third kappa shape index (κ3) is 2.99. The first-order valence-corrected chi connectivity index (χ1v) is 6.88. The standard InChI is InChI=1S/C15H18N2O3/c1-18-13-4-2-3-11(9-13)5-6-14-16-15(17-20-14)12-7-8-19-10-12/h2-4,9,12H,5-8,10H2,1H3/t12-/m0/s1. The Labute approximate surface area is 117 Å². The molecule has 1 saturated heterocycles. The minimum absolute atomic E-state index is 0.296. The molecule has 0 bridgehead atoms. The van der Waals surface area contributed by atoms with Crippen molar-refractivity contribution >= 4 is 0 Å². The van der Waals surface area contributed by atoms with Gasteiger partial charge in [0.1, 0.15) is 5.75 Å². The van der Waals surface area contributed by atoms with E-state index in [2.05, 4.69) is 16.2 Å². The maximum Gasteiger partial charge on any atom is 0.226 e. The monoisotopic (exact) mass is 274 g/mol. The highest BCUT2D eigenvalue weighted by Crippen LogP contribution is 2.22. The molecule has 2 heterocycles. The SMILES string of the molecule is COc1cccc(CCc2nc([C@H]3CCOC3)no2)c1. The van der Waals surface area contributed by atoms with Crippen molar-refractivity contribution in [2.75, 3.05) is 20.3 Å². The molecule has 1 aromatic carbocycles. The van der Waals surface area contributed by atoms with Gasteiger partial charge in [0.15, 0.2) is 5.82 Å². The molecule has 20 heavy (non-hydrogen) atoms. The van der Waals surface area contributed by atoms with E-state index in [-0.39, 0.29) is 0 Å². The van der Waals surface area contributed by atoms with Gasteiger partial charge in [-0.15, -0.1) is 0 Å². The summed E-state index contributed by atoms with van der Waals surface area (Å²) in [6.45, 7) is 1.49. The summed E-state index contributed by atoms with van der Waals surface area (Å²) in [5, 5.41) is 4.05. The maximum absolute atomic E-state index is 5.34. The molecule has 2 aromatic rings. The molecule has 106 valence electrons. The lowest BCUT2D eigenvalue weighted by molar-refractivity contribution is 0.192. The molecule has 5 nitrogen and oxygen atoms in total. The van der Waals surface area contributed by atoms with E-state index in [1.165, 1.54) is 5.56 Å². The van der Waals surface area contributed by atoms with E-state index in [9.17, 15) is 0 Å². The quantitative estimate of drug-likeness (QED) is 0.837.